The number of aliphatic hydroxyl groups is 1. The van der Waals surface area contributed by atoms with Gasteiger partial charge in [-0.1, -0.05) is 11.6 Å². The summed E-state index contributed by atoms with van der Waals surface area (Å²) in [6.45, 7) is 2.83. The molecule has 0 amide bonds. The van der Waals surface area contributed by atoms with Crippen molar-refractivity contribution in [1.29, 1.82) is 0 Å². The third-order valence-corrected chi connectivity index (χ3v) is 4.61. The van der Waals surface area contributed by atoms with Gasteiger partial charge in [0.15, 0.2) is 0 Å². The first-order valence-corrected chi connectivity index (χ1v) is 7.48. The van der Waals surface area contributed by atoms with Gasteiger partial charge in [-0.2, -0.15) is 4.31 Å². The SMILES string of the molecule is CN(CC(C)(C)O)S(=O)(=O)c1ccc(Cl)c(C(=O)O)c1. The van der Waals surface area contributed by atoms with Gasteiger partial charge < -0.3 is 10.2 Å². The summed E-state index contributed by atoms with van der Waals surface area (Å²) < 4.78 is 25.5. The Morgan fingerprint density at radius 3 is 2.40 bits per heavy atom. The minimum Gasteiger partial charge on any atom is -0.478 e. The van der Waals surface area contributed by atoms with Crippen molar-refractivity contribution < 1.29 is 23.4 Å². The fourth-order valence-electron chi connectivity index (χ4n) is 1.64. The second-order valence-corrected chi connectivity index (χ2v) is 7.47. The lowest BCUT2D eigenvalue weighted by molar-refractivity contribution is 0.0638. The molecular formula is C12H16ClNO5S. The molecule has 1 rings (SSSR count). The Morgan fingerprint density at radius 2 is 1.95 bits per heavy atom. The standard InChI is InChI=1S/C12H16ClNO5S/c1-12(2,17)7-14(3)20(18,19)8-4-5-10(13)9(6-8)11(15)16/h4-6,17H,7H2,1-3H3,(H,15,16). The number of benzene rings is 1. The van der Waals surface area contributed by atoms with Gasteiger partial charge in [-0.25, -0.2) is 13.2 Å². The third kappa shape index (κ3) is 3.92. The summed E-state index contributed by atoms with van der Waals surface area (Å²) in [6.07, 6.45) is 0. The summed E-state index contributed by atoms with van der Waals surface area (Å²) in [7, 11) is -2.59. The second kappa shape index (κ2) is 5.69. The summed E-state index contributed by atoms with van der Waals surface area (Å²) in [5.41, 5.74) is -1.49. The summed E-state index contributed by atoms with van der Waals surface area (Å²) in [5.74, 6) is -1.31. The van der Waals surface area contributed by atoms with E-state index in [1.165, 1.54) is 33.0 Å². The van der Waals surface area contributed by atoms with Gasteiger partial charge in [-0.05, 0) is 32.0 Å². The summed E-state index contributed by atoms with van der Waals surface area (Å²) in [5, 5.41) is 18.6. The average Bonchev–Trinajstić information content (AvgIpc) is 2.26. The van der Waals surface area contributed by atoms with Crippen molar-refractivity contribution in [2.45, 2.75) is 24.3 Å². The van der Waals surface area contributed by atoms with Gasteiger partial charge >= 0.3 is 5.97 Å². The molecule has 0 saturated heterocycles. The van der Waals surface area contributed by atoms with Gasteiger partial charge in [0, 0.05) is 13.6 Å². The minimum absolute atomic E-state index is 0.0402. The minimum atomic E-state index is -3.89. The van der Waals surface area contributed by atoms with Crippen molar-refractivity contribution in [3.05, 3.63) is 28.8 Å². The number of sulfonamides is 1. The van der Waals surface area contributed by atoms with E-state index in [4.69, 9.17) is 16.7 Å². The molecule has 6 nitrogen and oxygen atoms in total. The molecule has 20 heavy (non-hydrogen) atoms. The first-order valence-electron chi connectivity index (χ1n) is 5.67. The van der Waals surface area contributed by atoms with E-state index in [1.54, 1.807) is 0 Å². The number of halogens is 1. The second-order valence-electron chi connectivity index (χ2n) is 5.02. The smallest absolute Gasteiger partial charge is 0.337 e. The largest absolute Gasteiger partial charge is 0.478 e. The predicted molar refractivity (Wildman–Crippen MR) is 74.5 cm³/mol. The Hall–Kier alpha value is -1.15. The first-order chi connectivity index (χ1) is 8.95. The van der Waals surface area contributed by atoms with E-state index in [2.05, 4.69) is 0 Å². The van der Waals surface area contributed by atoms with Crippen molar-refractivity contribution in [2.24, 2.45) is 0 Å². The van der Waals surface area contributed by atoms with Crippen LogP contribution in [0.1, 0.15) is 24.2 Å². The molecule has 0 aliphatic rings. The fraction of sp³-hybridized carbons (Fsp3) is 0.417. The van der Waals surface area contributed by atoms with Crippen molar-refractivity contribution in [3.8, 4) is 0 Å². The van der Waals surface area contributed by atoms with Crippen molar-refractivity contribution in [2.75, 3.05) is 13.6 Å². The number of likely N-dealkylation sites (N-methyl/N-ethyl adjacent to an activating group) is 1. The Morgan fingerprint density at radius 1 is 1.40 bits per heavy atom. The Bertz CT molecular complexity index is 621. The number of carboxylic acids is 1. The maximum atomic E-state index is 12.3. The van der Waals surface area contributed by atoms with Gasteiger partial charge in [-0.15, -0.1) is 0 Å². The van der Waals surface area contributed by atoms with Crippen LogP contribution >= 0.6 is 11.6 Å². The van der Waals surface area contributed by atoms with E-state index in [9.17, 15) is 18.3 Å². The van der Waals surface area contributed by atoms with Crippen molar-refractivity contribution in [1.82, 2.24) is 4.31 Å². The zero-order valence-corrected chi connectivity index (χ0v) is 12.9. The predicted octanol–water partition coefficient (Wildman–Crippen LogP) is 1.43. The van der Waals surface area contributed by atoms with Crippen LogP contribution < -0.4 is 0 Å². The number of nitrogens with zero attached hydrogens (tertiary/aromatic N) is 1. The van der Waals surface area contributed by atoms with Crippen LogP contribution in [-0.2, 0) is 10.0 Å². The Labute approximate surface area is 122 Å². The maximum Gasteiger partial charge on any atom is 0.337 e. The van der Waals surface area contributed by atoms with Crippen LogP contribution in [0.5, 0.6) is 0 Å². The van der Waals surface area contributed by atoms with Crippen LogP contribution in [0.2, 0.25) is 5.02 Å². The van der Waals surface area contributed by atoms with Crippen LogP contribution in [0.25, 0.3) is 0 Å². The van der Waals surface area contributed by atoms with Crippen molar-refractivity contribution >= 4 is 27.6 Å². The molecule has 0 aliphatic heterocycles. The van der Waals surface area contributed by atoms with E-state index < -0.39 is 21.6 Å². The molecule has 0 unspecified atom stereocenters. The van der Waals surface area contributed by atoms with Crippen LogP contribution in [-0.4, -0.2) is 48.1 Å². The van der Waals surface area contributed by atoms with Crippen LogP contribution in [0.15, 0.2) is 23.1 Å². The number of hydrogen-bond donors (Lipinski definition) is 2. The van der Waals surface area contributed by atoms with E-state index in [0.717, 1.165) is 10.4 Å². The molecule has 0 radical (unpaired) electrons. The van der Waals surface area contributed by atoms with Gasteiger partial charge in [0.1, 0.15) is 0 Å². The highest BCUT2D eigenvalue weighted by molar-refractivity contribution is 7.89. The van der Waals surface area contributed by atoms with E-state index in [1.807, 2.05) is 0 Å². The zero-order chi connectivity index (χ0) is 15.7. The molecule has 0 fully saturated rings. The molecule has 0 heterocycles. The highest BCUT2D eigenvalue weighted by Crippen LogP contribution is 2.23. The summed E-state index contributed by atoms with van der Waals surface area (Å²) in [6, 6.07) is 3.45. The molecule has 112 valence electrons. The molecule has 0 bridgehead atoms. The highest BCUT2D eigenvalue weighted by atomic mass is 35.5. The molecule has 1 aromatic rings. The van der Waals surface area contributed by atoms with Gasteiger partial charge in [0.2, 0.25) is 10.0 Å². The number of rotatable bonds is 5. The summed E-state index contributed by atoms with van der Waals surface area (Å²) >= 11 is 5.70. The topological polar surface area (TPSA) is 94.9 Å². The van der Waals surface area contributed by atoms with Crippen LogP contribution in [0.4, 0.5) is 0 Å². The number of aromatic carboxylic acids is 1. The molecular weight excluding hydrogens is 306 g/mol. The lowest BCUT2D eigenvalue weighted by atomic mass is 10.1. The molecule has 0 aliphatic carbocycles. The highest BCUT2D eigenvalue weighted by Gasteiger charge is 2.27. The molecule has 1 aromatic carbocycles. The number of carbonyl (C=O) groups is 1. The van der Waals surface area contributed by atoms with Gasteiger partial charge in [-0.3, -0.25) is 0 Å². The number of carboxylic acid groups (broad SMARTS) is 1. The maximum absolute atomic E-state index is 12.3. The lowest BCUT2D eigenvalue weighted by Crippen LogP contribution is -2.39. The Balaban J connectivity index is 3.23. The Kier molecular flexibility index (Phi) is 4.81. The van der Waals surface area contributed by atoms with Crippen LogP contribution in [0, 0.1) is 0 Å². The molecule has 0 saturated carbocycles. The molecule has 0 atom stereocenters. The molecule has 0 aromatic heterocycles. The third-order valence-electron chi connectivity index (χ3n) is 2.49. The van der Waals surface area contributed by atoms with E-state index >= 15 is 0 Å². The normalized spacial score (nSPS) is 12.7. The first kappa shape index (κ1) is 16.9. The average molecular weight is 322 g/mol. The fourth-order valence-corrected chi connectivity index (χ4v) is 3.19. The van der Waals surface area contributed by atoms with Crippen molar-refractivity contribution in [3.63, 3.8) is 0 Å². The molecule has 8 heteroatoms. The molecule has 2 N–H and O–H groups in total. The van der Waals surface area contributed by atoms with E-state index in [0.29, 0.717) is 0 Å². The quantitative estimate of drug-likeness (QED) is 0.855. The lowest BCUT2D eigenvalue weighted by Gasteiger charge is -2.25. The monoisotopic (exact) mass is 321 g/mol. The molecule has 0 spiro atoms. The van der Waals surface area contributed by atoms with Crippen LogP contribution in [0.3, 0.4) is 0 Å². The zero-order valence-electron chi connectivity index (χ0n) is 11.3. The van der Waals surface area contributed by atoms with Gasteiger partial charge in [0.25, 0.3) is 0 Å². The number of hydrogen-bond acceptors (Lipinski definition) is 4. The van der Waals surface area contributed by atoms with E-state index in [-0.39, 0.29) is 22.0 Å². The summed E-state index contributed by atoms with van der Waals surface area (Å²) in [4.78, 5) is 10.8. The van der Waals surface area contributed by atoms with Gasteiger partial charge in [0.05, 0.1) is 21.1 Å².